The zero-order chi connectivity index (χ0) is 11.0. The van der Waals surface area contributed by atoms with E-state index in [1.807, 2.05) is 6.92 Å². The van der Waals surface area contributed by atoms with Gasteiger partial charge in [0.05, 0.1) is 18.0 Å². The third-order valence-electron chi connectivity index (χ3n) is 2.26. The fourth-order valence-corrected chi connectivity index (χ4v) is 3.56. The van der Waals surface area contributed by atoms with E-state index in [-0.39, 0.29) is 18.2 Å². The minimum atomic E-state index is -3.22. The van der Waals surface area contributed by atoms with Crippen molar-refractivity contribution in [3.8, 4) is 0 Å². The van der Waals surface area contributed by atoms with E-state index in [1.165, 1.54) is 11.2 Å². The van der Waals surface area contributed by atoms with Gasteiger partial charge in [-0.1, -0.05) is 6.92 Å². The van der Waals surface area contributed by atoms with E-state index in [9.17, 15) is 13.5 Å². The zero-order valence-corrected chi connectivity index (χ0v) is 9.29. The summed E-state index contributed by atoms with van der Waals surface area (Å²) >= 11 is 0. The highest BCUT2D eigenvalue weighted by atomic mass is 32.2. The van der Waals surface area contributed by atoms with Gasteiger partial charge in [-0.25, -0.2) is 8.42 Å². The molecular weight excluding hydrogens is 206 g/mol. The summed E-state index contributed by atoms with van der Waals surface area (Å²) in [5.74, 6) is 0.226. The van der Waals surface area contributed by atoms with Crippen molar-refractivity contribution >= 4 is 10.0 Å². The molecule has 0 bridgehead atoms. The van der Waals surface area contributed by atoms with Crippen LogP contribution in [0.15, 0.2) is 0 Å². The Labute approximate surface area is 84.4 Å². The highest BCUT2D eigenvalue weighted by molar-refractivity contribution is 7.89. The van der Waals surface area contributed by atoms with Crippen molar-refractivity contribution in [2.24, 2.45) is 5.92 Å². The number of aliphatic hydroxyl groups excluding tert-OH is 1. The van der Waals surface area contributed by atoms with Gasteiger partial charge in [-0.3, -0.25) is 0 Å². The third kappa shape index (κ3) is 2.66. The molecule has 1 aliphatic rings. The van der Waals surface area contributed by atoms with Gasteiger partial charge >= 0.3 is 0 Å². The van der Waals surface area contributed by atoms with Gasteiger partial charge in [0.25, 0.3) is 0 Å². The molecule has 5 nitrogen and oxygen atoms in total. The van der Waals surface area contributed by atoms with Gasteiger partial charge in [0.1, 0.15) is 0 Å². The molecule has 2 N–H and O–H groups in total. The fourth-order valence-electron chi connectivity index (χ4n) is 1.57. The molecule has 0 aromatic carbocycles. The lowest BCUT2D eigenvalue weighted by atomic mass is 10.1. The van der Waals surface area contributed by atoms with Crippen molar-refractivity contribution in [1.82, 2.24) is 4.31 Å². The monoisotopic (exact) mass is 223 g/mol. The Morgan fingerprint density at radius 2 is 2.14 bits per heavy atom. The van der Waals surface area contributed by atoms with Crippen molar-refractivity contribution in [1.29, 1.82) is 0 Å². The number of hydrogen-bond acceptors (Lipinski definition) is 4. The topological polar surface area (TPSA) is 77.8 Å². The smallest absolute Gasteiger partial charge is 0.214 e. The van der Waals surface area contributed by atoms with Crippen LogP contribution in [-0.4, -0.2) is 54.0 Å². The highest BCUT2D eigenvalue weighted by Crippen LogP contribution is 2.21. The molecule has 0 saturated carbocycles. The molecule has 2 atom stereocenters. The Kier molecular flexibility index (Phi) is 3.20. The summed E-state index contributed by atoms with van der Waals surface area (Å²) in [6.07, 6.45) is 0. The van der Waals surface area contributed by atoms with Gasteiger partial charge in [0.15, 0.2) is 0 Å². The molecule has 6 heteroatoms. The second-order valence-corrected chi connectivity index (χ2v) is 6.34. The van der Waals surface area contributed by atoms with Crippen molar-refractivity contribution in [3.05, 3.63) is 0 Å². The summed E-state index contributed by atoms with van der Waals surface area (Å²) in [5, 5.41) is 18.4. The Morgan fingerprint density at radius 1 is 1.57 bits per heavy atom. The molecule has 0 aliphatic carbocycles. The Bertz CT molecular complexity index is 298. The number of nitrogens with zero attached hydrogens (tertiary/aromatic N) is 1. The minimum absolute atomic E-state index is 0.0316. The molecule has 0 aromatic heterocycles. The summed E-state index contributed by atoms with van der Waals surface area (Å²) in [7, 11) is -3.22. The summed E-state index contributed by atoms with van der Waals surface area (Å²) in [6.45, 7) is 3.23. The molecule has 1 heterocycles. The molecule has 1 fully saturated rings. The summed E-state index contributed by atoms with van der Waals surface area (Å²) < 4.78 is 24.2. The van der Waals surface area contributed by atoms with Gasteiger partial charge in [0.2, 0.25) is 10.0 Å². The first-order valence-corrected chi connectivity index (χ1v) is 6.19. The predicted molar refractivity (Wildman–Crippen MR) is 52.2 cm³/mol. The number of aliphatic hydroxyl groups is 2. The van der Waals surface area contributed by atoms with Crippen LogP contribution in [0, 0.1) is 5.92 Å². The van der Waals surface area contributed by atoms with Gasteiger partial charge in [0, 0.05) is 13.1 Å². The molecule has 0 aromatic rings. The van der Waals surface area contributed by atoms with Crippen LogP contribution in [0.1, 0.15) is 13.8 Å². The normalized spacial score (nSPS) is 31.6. The van der Waals surface area contributed by atoms with E-state index in [0.29, 0.717) is 6.54 Å². The lowest BCUT2D eigenvalue weighted by molar-refractivity contribution is -0.0107. The lowest BCUT2D eigenvalue weighted by Crippen LogP contribution is -2.44. The average Bonchev–Trinajstić information content (AvgIpc) is 2.24. The van der Waals surface area contributed by atoms with Crippen LogP contribution >= 0.6 is 0 Å². The number of β-amino-alcohol motifs (C(OH)–C–C–N with tert-alkyl or cyclic N) is 1. The maximum Gasteiger partial charge on any atom is 0.214 e. The second-order valence-electron chi connectivity index (χ2n) is 4.33. The van der Waals surface area contributed by atoms with Gasteiger partial charge in [-0.2, -0.15) is 4.31 Å². The van der Waals surface area contributed by atoms with E-state index in [2.05, 4.69) is 0 Å². The molecule has 0 radical (unpaired) electrons. The van der Waals surface area contributed by atoms with Crippen LogP contribution in [-0.2, 0) is 10.0 Å². The molecule has 1 rings (SSSR count). The second kappa shape index (κ2) is 3.77. The van der Waals surface area contributed by atoms with Crippen LogP contribution < -0.4 is 0 Å². The summed E-state index contributed by atoms with van der Waals surface area (Å²) in [5.41, 5.74) is -1.35. The maximum atomic E-state index is 11.5. The molecular formula is C8H17NO4S. The number of hydrogen-bond donors (Lipinski definition) is 2. The third-order valence-corrected chi connectivity index (χ3v) is 4.32. The summed E-state index contributed by atoms with van der Waals surface area (Å²) in [6, 6.07) is 0. The van der Waals surface area contributed by atoms with Crippen molar-refractivity contribution < 1.29 is 18.6 Å². The van der Waals surface area contributed by atoms with Crippen LogP contribution in [0.25, 0.3) is 0 Å². The average molecular weight is 223 g/mol. The van der Waals surface area contributed by atoms with Crippen molar-refractivity contribution in [2.45, 2.75) is 19.4 Å². The zero-order valence-electron chi connectivity index (χ0n) is 8.47. The van der Waals surface area contributed by atoms with E-state index in [0.717, 1.165) is 0 Å². The molecule has 14 heavy (non-hydrogen) atoms. The Morgan fingerprint density at radius 3 is 2.50 bits per heavy atom. The standard InChI is InChI=1S/C8H17NO4S/c1-7-3-9(14(12,13)4-7)5-8(2,11)6-10/h7,10-11H,3-6H2,1-2H3. The predicted octanol–water partition coefficient (Wildman–Crippen LogP) is -0.989. The first kappa shape index (κ1) is 11.9. The number of rotatable bonds is 3. The molecule has 1 aliphatic heterocycles. The van der Waals surface area contributed by atoms with E-state index < -0.39 is 22.2 Å². The molecule has 84 valence electrons. The molecule has 0 spiro atoms. The van der Waals surface area contributed by atoms with Crippen LogP contribution in [0.5, 0.6) is 0 Å². The van der Waals surface area contributed by atoms with Crippen molar-refractivity contribution in [3.63, 3.8) is 0 Å². The Hall–Kier alpha value is -0.170. The summed E-state index contributed by atoms with van der Waals surface area (Å²) in [4.78, 5) is 0. The van der Waals surface area contributed by atoms with E-state index in [4.69, 9.17) is 5.11 Å². The Balaban J connectivity index is 2.71. The quantitative estimate of drug-likeness (QED) is 0.644. The minimum Gasteiger partial charge on any atom is -0.393 e. The first-order chi connectivity index (χ1) is 6.27. The maximum absolute atomic E-state index is 11.5. The molecule has 1 saturated heterocycles. The van der Waals surface area contributed by atoms with Crippen LogP contribution in [0.2, 0.25) is 0 Å². The van der Waals surface area contributed by atoms with Crippen molar-refractivity contribution in [2.75, 3.05) is 25.4 Å². The van der Waals surface area contributed by atoms with Gasteiger partial charge < -0.3 is 10.2 Å². The van der Waals surface area contributed by atoms with Crippen LogP contribution in [0.3, 0.4) is 0 Å². The molecule has 2 unspecified atom stereocenters. The van der Waals surface area contributed by atoms with E-state index >= 15 is 0 Å². The van der Waals surface area contributed by atoms with E-state index in [1.54, 1.807) is 0 Å². The van der Waals surface area contributed by atoms with Gasteiger partial charge in [-0.15, -0.1) is 0 Å². The van der Waals surface area contributed by atoms with Gasteiger partial charge in [-0.05, 0) is 12.8 Å². The SMILES string of the molecule is CC1CN(CC(C)(O)CO)S(=O)(=O)C1. The largest absolute Gasteiger partial charge is 0.393 e. The first-order valence-electron chi connectivity index (χ1n) is 4.58. The van der Waals surface area contributed by atoms with Crippen LogP contribution in [0.4, 0.5) is 0 Å². The lowest BCUT2D eigenvalue weighted by Gasteiger charge is -2.25. The number of sulfonamides is 1. The fraction of sp³-hybridized carbons (Fsp3) is 1.00. The molecule has 0 amide bonds. The highest BCUT2D eigenvalue weighted by Gasteiger charge is 2.37.